The van der Waals surface area contributed by atoms with Crippen LogP contribution in [0.1, 0.15) is 21.5 Å². The SMILES string of the molecule is Cc1ccc(C(=O)N(CCNC(=O)NCc2ccccc2)c2ccc(F)cc2)cc1. The lowest BCUT2D eigenvalue weighted by Crippen LogP contribution is -2.42. The van der Waals surface area contributed by atoms with Crippen molar-refractivity contribution in [2.24, 2.45) is 0 Å². The fourth-order valence-electron chi connectivity index (χ4n) is 2.94. The molecule has 3 amide bonds. The van der Waals surface area contributed by atoms with Gasteiger partial charge in [0.1, 0.15) is 5.82 Å². The summed E-state index contributed by atoms with van der Waals surface area (Å²) >= 11 is 0. The highest BCUT2D eigenvalue weighted by Crippen LogP contribution is 2.18. The summed E-state index contributed by atoms with van der Waals surface area (Å²) < 4.78 is 13.3. The molecule has 0 aliphatic heterocycles. The maximum absolute atomic E-state index is 13.3. The van der Waals surface area contributed by atoms with E-state index in [1.54, 1.807) is 24.3 Å². The molecule has 3 rings (SSSR count). The van der Waals surface area contributed by atoms with E-state index in [4.69, 9.17) is 0 Å². The molecule has 3 aromatic carbocycles. The molecule has 3 aromatic rings. The minimum Gasteiger partial charge on any atom is -0.336 e. The molecule has 2 N–H and O–H groups in total. The quantitative estimate of drug-likeness (QED) is 0.616. The van der Waals surface area contributed by atoms with Crippen molar-refractivity contribution in [2.75, 3.05) is 18.0 Å². The first kappa shape index (κ1) is 21.0. The number of carbonyl (C=O) groups excluding carboxylic acids is 2. The van der Waals surface area contributed by atoms with Crippen molar-refractivity contribution in [1.82, 2.24) is 10.6 Å². The third-order valence-electron chi connectivity index (χ3n) is 4.60. The molecular formula is C24H24FN3O2. The third-order valence-corrected chi connectivity index (χ3v) is 4.60. The average molecular weight is 405 g/mol. The van der Waals surface area contributed by atoms with E-state index in [-0.39, 0.29) is 30.8 Å². The summed E-state index contributed by atoms with van der Waals surface area (Å²) in [6.07, 6.45) is 0. The van der Waals surface area contributed by atoms with Gasteiger partial charge in [-0.15, -0.1) is 0 Å². The maximum atomic E-state index is 13.3. The van der Waals surface area contributed by atoms with E-state index >= 15 is 0 Å². The standard InChI is InChI=1S/C24H24FN3O2/c1-18-7-9-20(10-8-18)23(29)28(22-13-11-21(25)12-14-22)16-15-26-24(30)27-17-19-5-3-2-4-6-19/h2-14H,15-17H2,1H3,(H2,26,27,30). The fourth-order valence-corrected chi connectivity index (χ4v) is 2.94. The topological polar surface area (TPSA) is 61.4 Å². The Morgan fingerprint density at radius 2 is 1.53 bits per heavy atom. The Morgan fingerprint density at radius 3 is 2.20 bits per heavy atom. The summed E-state index contributed by atoms with van der Waals surface area (Å²) in [6, 6.07) is 22.2. The first-order valence-corrected chi connectivity index (χ1v) is 9.72. The highest BCUT2D eigenvalue weighted by molar-refractivity contribution is 6.06. The number of aryl methyl sites for hydroxylation is 1. The lowest BCUT2D eigenvalue weighted by molar-refractivity contribution is 0.0987. The third kappa shape index (κ3) is 5.91. The van der Waals surface area contributed by atoms with Crippen molar-refractivity contribution in [1.29, 1.82) is 0 Å². The maximum Gasteiger partial charge on any atom is 0.315 e. The van der Waals surface area contributed by atoms with Crippen molar-refractivity contribution in [3.8, 4) is 0 Å². The van der Waals surface area contributed by atoms with Crippen LogP contribution in [-0.4, -0.2) is 25.0 Å². The summed E-state index contributed by atoms with van der Waals surface area (Å²) in [6.45, 7) is 2.85. The number of rotatable bonds is 7. The average Bonchev–Trinajstić information content (AvgIpc) is 2.77. The van der Waals surface area contributed by atoms with Gasteiger partial charge in [0.05, 0.1) is 0 Å². The zero-order valence-corrected chi connectivity index (χ0v) is 16.8. The molecule has 0 saturated carbocycles. The monoisotopic (exact) mass is 405 g/mol. The number of hydrogen-bond acceptors (Lipinski definition) is 2. The summed E-state index contributed by atoms with van der Waals surface area (Å²) in [5.41, 5.74) is 3.14. The molecule has 0 bridgehead atoms. The van der Waals surface area contributed by atoms with Crippen molar-refractivity contribution in [2.45, 2.75) is 13.5 Å². The van der Waals surface area contributed by atoms with Crippen LogP contribution in [0.15, 0.2) is 78.9 Å². The van der Waals surface area contributed by atoms with E-state index in [1.807, 2.05) is 49.4 Å². The van der Waals surface area contributed by atoms with Crippen molar-refractivity contribution in [3.05, 3.63) is 101 Å². The minimum atomic E-state index is -0.375. The summed E-state index contributed by atoms with van der Waals surface area (Å²) in [5, 5.41) is 5.55. The van der Waals surface area contributed by atoms with Gasteiger partial charge in [-0.3, -0.25) is 4.79 Å². The first-order valence-electron chi connectivity index (χ1n) is 9.72. The minimum absolute atomic E-state index is 0.215. The fraction of sp³-hybridized carbons (Fsp3) is 0.167. The smallest absolute Gasteiger partial charge is 0.315 e. The van der Waals surface area contributed by atoms with Crippen LogP contribution in [-0.2, 0) is 6.54 Å². The van der Waals surface area contributed by atoms with Crippen molar-refractivity contribution < 1.29 is 14.0 Å². The molecule has 0 spiro atoms. The lowest BCUT2D eigenvalue weighted by atomic mass is 10.1. The highest BCUT2D eigenvalue weighted by atomic mass is 19.1. The van der Waals surface area contributed by atoms with Gasteiger partial charge in [-0.1, -0.05) is 48.0 Å². The van der Waals surface area contributed by atoms with Crippen LogP contribution in [0.3, 0.4) is 0 Å². The lowest BCUT2D eigenvalue weighted by Gasteiger charge is -2.23. The van der Waals surface area contributed by atoms with Crippen LogP contribution in [0.25, 0.3) is 0 Å². The Balaban J connectivity index is 1.62. The summed E-state index contributed by atoms with van der Waals surface area (Å²) in [4.78, 5) is 26.6. The van der Waals surface area contributed by atoms with Crippen LogP contribution in [0.2, 0.25) is 0 Å². The zero-order chi connectivity index (χ0) is 21.3. The molecule has 0 radical (unpaired) electrons. The summed E-state index contributed by atoms with van der Waals surface area (Å²) in [5.74, 6) is -0.590. The van der Waals surface area contributed by atoms with Gasteiger partial charge in [0.25, 0.3) is 5.91 Å². The number of benzene rings is 3. The predicted octanol–water partition coefficient (Wildman–Crippen LogP) is 4.28. The van der Waals surface area contributed by atoms with E-state index in [9.17, 15) is 14.0 Å². The second-order valence-electron chi connectivity index (χ2n) is 6.89. The normalized spacial score (nSPS) is 10.3. The number of nitrogens with one attached hydrogen (secondary N) is 2. The zero-order valence-electron chi connectivity index (χ0n) is 16.8. The van der Waals surface area contributed by atoms with Gasteiger partial charge >= 0.3 is 6.03 Å². The Labute approximate surface area is 175 Å². The Kier molecular flexibility index (Phi) is 7.16. The predicted molar refractivity (Wildman–Crippen MR) is 116 cm³/mol. The first-order chi connectivity index (χ1) is 14.5. The van der Waals surface area contributed by atoms with Crippen LogP contribution < -0.4 is 15.5 Å². The second-order valence-corrected chi connectivity index (χ2v) is 6.89. The molecule has 6 heteroatoms. The molecule has 0 heterocycles. The second kappa shape index (κ2) is 10.2. The van der Waals surface area contributed by atoms with Crippen molar-refractivity contribution >= 4 is 17.6 Å². The summed E-state index contributed by atoms with van der Waals surface area (Å²) in [7, 11) is 0. The number of urea groups is 1. The number of anilines is 1. The molecule has 0 aliphatic rings. The number of carbonyl (C=O) groups is 2. The van der Waals surface area contributed by atoms with E-state index in [0.29, 0.717) is 17.8 Å². The Morgan fingerprint density at radius 1 is 0.867 bits per heavy atom. The van der Waals surface area contributed by atoms with Gasteiger partial charge in [0.15, 0.2) is 0 Å². The number of hydrogen-bond donors (Lipinski definition) is 2. The van der Waals surface area contributed by atoms with Gasteiger partial charge in [0.2, 0.25) is 0 Å². The van der Waals surface area contributed by atoms with Gasteiger partial charge < -0.3 is 15.5 Å². The molecule has 0 aromatic heterocycles. The van der Waals surface area contributed by atoms with Gasteiger partial charge in [-0.2, -0.15) is 0 Å². The highest BCUT2D eigenvalue weighted by Gasteiger charge is 2.18. The molecule has 0 fully saturated rings. The van der Waals surface area contributed by atoms with Crippen LogP contribution in [0, 0.1) is 12.7 Å². The number of halogens is 1. The molecule has 154 valence electrons. The molecule has 0 atom stereocenters. The van der Waals surface area contributed by atoms with Crippen molar-refractivity contribution in [3.63, 3.8) is 0 Å². The Bertz CT molecular complexity index is 974. The molecule has 5 nitrogen and oxygen atoms in total. The van der Waals surface area contributed by atoms with Gasteiger partial charge in [0, 0.05) is 30.9 Å². The van der Waals surface area contributed by atoms with E-state index < -0.39 is 0 Å². The van der Waals surface area contributed by atoms with Gasteiger partial charge in [-0.05, 0) is 48.9 Å². The molecule has 0 saturated heterocycles. The Hall–Kier alpha value is -3.67. The number of amides is 3. The molecular weight excluding hydrogens is 381 g/mol. The van der Waals surface area contributed by atoms with Crippen LogP contribution >= 0.6 is 0 Å². The van der Waals surface area contributed by atoms with E-state index in [2.05, 4.69) is 10.6 Å². The molecule has 30 heavy (non-hydrogen) atoms. The molecule has 0 aliphatic carbocycles. The van der Waals surface area contributed by atoms with Crippen LogP contribution in [0.5, 0.6) is 0 Å². The van der Waals surface area contributed by atoms with E-state index in [1.165, 1.54) is 17.0 Å². The largest absolute Gasteiger partial charge is 0.336 e. The molecule has 0 unspecified atom stereocenters. The van der Waals surface area contributed by atoms with Crippen LogP contribution in [0.4, 0.5) is 14.9 Å². The van der Waals surface area contributed by atoms with E-state index in [0.717, 1.165) is 11.1 Å². The van der Waals surface area contributed by atoms with Gasteiger partial charge in [-0.25, -0.2) is 9.18 Å². The number of nitrogens with zero attached hydrogens (tertiary/aromatic N) is 1.